The number of esters is 1. The standard InChI is InChI=1S/C33H30N2O4S/c1-37-25-14-11-22(12-15-25)20-35-29-10-6-5-9-28(29)34-31(35)17-18-40-32-26-8-4-3-7-24(26)21-39-30-16-13-23(19-27(30)32)33(36)38-2/h3-16,19,32H,17-18,20-21H2,1-2H3. The van der Waals surface area contributed by atoms with Crippen LogP contribution in [0.1, 0.15) is 43.7 Å². The van der Waals surface area contributed by atoms with Crippen LogP contribution in [0.5, 0.6) is 11.5 Å². The molecule has 1 unspecified atom stereocenters. The number of hydrogen-bond donors (Lipinski definition) is 0. The summed E-state index contributed by atoms with van der Waals surface area (Å²) in [5.41, 5.74) is 7.19. The Morgan fingerprint density at radius 2 is 1.77 bits per heavy atom. The molecular weight excluding hydrogens is 520 g/mol. The fourth-order valence-corrected chi connectivity index (χ4v) is 6.54. The Bertz CT molecular complexity index is 1660. The largest absolute Gasteiger partial charge is 0.497 e. The second kappa shape index (κ2) is 11.5. The van der Waals surface area contributed by atoms with Gasteiger partial charge in [-0.3, -0.25) is 0 Å². The first-order valence-corrected chi connectivity index (χ1v) is 14.3. The van der Waals surface area contributed by atoms with Crippen molar-refractivity contribution in [1.29, 1.82) is 0 Å². The van der Waals surface area contributed by atoms with E-state index in [0.29, 0.717) is 12.2 Å². The maximum absolute atomic E-state index is 12.4. The van der Waals surface area contributed by atoms with Gasteiger partial charge in [0.25, 0.3) is 0 Å². The molecule has 0 saturated heterocycles. The number of imidazole rings is 1. The van der Waals surface area contributed by atoms with Gasteiger partial charge in [-0.25, -0.2) is 9.78 Å². The lowest BCUT2D eigenvalue weighted by Crippen LogP contribution is -2.08. The van der Waals surface area contributed by atoms with E-state index in [0.717, 1.165) is 58.2 Å². The van der Waals surface area contributed by atoms with E-state index in [4.69, 9.17) is 19.2 Å². The highest BCUT2D eigenvalue weighted by Gasteiger charge is 2.26. The number of rotatable bonds is 8. The number of ether oxygens (including phenoxy) is 3. The molecule has 6 rings (SSSR count). The first kappa shape index (κ1) is 26.0. The van der Waals surface area contributed by atoms with Crippen molar-refractivity contribution >= 4 is 28.8 Å². The fourth-order valence-electron chi connectivity index (χ4n) is 5.23. The SMILES string of the molecule is COC(=O)c1ccc2c(c1)C(SCCc1nc3ccccc3n1Cc1ccc(OC)cc1)c1ccccc1CO2. The van der Waals surface area contributed by atoms with E-state index < -0.39 is 0 Å². The zero-order valence-electron chi connectivity index (χ0n) is 22.5. The zero-order valence-corrected chi connectivity index (χ0v) is 23.3. The van der Waals surface area contributed by atoms with Crippen molar-refractivity contribution in [3.63, 3.8) is 0 Å². The molecule has 40 heavy (non-hydrogen) atoms. The van der Waals surface area contributed by atoms with Crippen LogP contribution in [0.2, 0.25) is 0 Å². The van der Waals surface area contributed by atoms with E-state index >= 15 is 0 Å². The van der Waals surface area contributed by atoms with Crippen LogP contribution in [0.3, 0.4) is 0 Å². The molecule has 0 bridgehead atoms. The molecule has 1 aliphatic rings. The smallest absolute Gasteiger partial charge is 0.337 e. The van der Waals surface area contributed by atoms with Gasteiger partial charge in [0, 0.05) is 24.3 Å². The number of carbonyl (C=O) groups excluding carboxylic acids is 1. The second-order valence-electron chi connectivity index (χ2n) is 9.68. The average Bonchev–Trinajstić information content (AvgIpc) is 3.26. The molecular formula is C33H30N2O4S. The molecule has 2 heterocycles. The molecule has 0 aliphatic carbocycles. The van der Waals surface area contributed by atoms with Crippen LogP contribution < -0.4 is 9.47 Å². The molecule has 0 fully saturated rings. The Morgan fingerprint density at radius 1 is 0.975 bits per heavy atom. The van der Waals surface area contributed by atoms with Crippen LogP contribution in [-0.4, -0.2) is 35.5 Å². The monoisotopic (exact) mass is 550 g/mol. The third-order valence-electron chi connectivity index (χ3n) is 7.28. The van der Waals surface area contributed by atoms with E-state index in [2.05, 4.69) is 53.1 Å². The molecule has 0 radical (unpaired) electrons. The van der Waals surface area contributed by atoms with Crippen LogP contribution in [0.4, 0.5) is 0 Å². The molecule has 1 aliphatic heterocycles. The lowest BCUT2D eigenvalue weighted by molar-refractivity contribution is 0.0600. The predicted molar refractivity (Wildman–Crippen MR) is 158 cm³/mol. The van der Waals surface area contributed by atoms with E-state index in [1.807, 2.05) is 48.2 Å². The predicted octanol–water partition coefficient (Wildman–Crippen LogP) is 6.84. The number of aromatic nitrogens is 2. The molecule has 0 amide bonds. The normalized spacial score (nSPS) is 14.1. The van der Waals surface area contributed by atoms with Crippen molar-refractivity contribution in [2.45, 2.75) is 24.8 Å². The molecule has 4 aromatic carbocycles. The Hall–Kier alpha value is -4.23. The molecule has 0 saturated carbocycles. The molecule has 6 nitrogen and oxygen atoms in total. The average molecular weight is 551 g/mol. The molecule has 7 heteroatoms. The Kier molecular flexibility index (Phi) is 7.47. The number of benzene rings is 4. The van der Waals surface area contributed by atoms with E-state index in [-0.39, 0.29) is 11.2 Å². The summed E-state index contributed by atoms with van der Waals surface area (Å²) in [6.45, 7) is 1.23. The lowest BCUT2D eigenvalue weighted by atomic mass is 9.98. The van der Waals surface area contributed by atoms with Gasteiger partial charge in [0.2, 0.25) is 0 Å². The van der Waals surface area contributed by atoms with Crippen molar-refractivity contribution in [3.05, 3.63) is 125 Å². The van der Waals surface area contributed by atoms with Crippen molar-refractivity contribution in [2.75, 3.05) is 20.0 Å². The van der Waals surface area contributed by atoms with Crippen molar-refractivity contribution in [3.8, 4) is 11.5 Å². The minimum Gasteiger partial charge on any atom is -0.497 e. The summed E-state index contributed by atoms with van der Waals surface area (Å²) >= 11 is 1.85. The number of hydrogen-bond acceptors (Lipinski definition) is 6. The summed E-state index contributed by atoms with van der Waals surface area (Å²) in [7, 11) is 3.09. The minimum atomic E-state index is -0.351. The van der Waals surface area contributed by atoms with Gasteiger partial charge in [-0.2, -0.15) is 0 Å². The third-order valence-corrected chi connectivity index (χ3v) is 8.56. The van der Waals surface area contributed by atoms with E-state index in [9.17, 15) is 4.79 Å². The highest BCUT2D eigenvalue weighted by molar-refractivity contribution is 7.99. The molecule has 0 spiro atoms. The number of carbonyl (C=O) groups is 1. The Balaban J connectivity index is 1.30. The summed E-state index contributed by atoms with van der Waals surface area (Å²) in [6.07, 6.45) is 0.793. The van der Waals surface area contributed by atoms with Gasteiger partial charge in [0.15, 0.2) is 0 Å². The number of aryl methyl sites for hydroxylation is 1. The summed E-state index contributed by atoms with van der Waals surface area (Å²) < 4.78 is 18.8. The topological polar surface area (TPSA) is 62.6 Å². The van der Waals surface area contributed by atoms with Crippen molar-refractivity contribution in [2.24, 2.45) is 0 Å². The molecule has 5 aromatic rings. The Labute approximate surface area is 237 Å². The third kappa shape index (κ3) is 5.17. The molecule has 0 N–H and O–H groups in total. The van der Waals surface area contributed by atoms with Crippen LogP contribution in [-0.2, 0) is 24.3 Å². The molecule has 1 aromatic heterocycles. The van der Waals surface area contributed by atoms with Gasteiger partial charge in [-0.05, 0) is 59.2 Å². The fraction of sp³-hybridized carbons (Fsp3) is 0.212. The molecule has 1 atom stereocenters. The summed E-state index contributed by atoms with van der Waals surface area (Å²) in [5, 5.41) is 0.0118. The van der Waals surface area contributed by atoms with Crippen LogP contribution >= 0.6 is 11.8 Å². The number of nitrogens with zero attached hydrogens (tertiary/aromatic N) is 2. The number of methoxy groups -OCH3 is 2. The van der Waals surface area contributed by atoms with Gasteiger partial charge in [0.05, 0.1) is 36.1 Å². The number of fused-ring (bicyclic) bond motifs is 3. The van der Waals surface area contributed by atoms with E-state index in [1.165, 1.54) is 18.2 Å². The lowest BCUT2D eigenvalue weighted by Gasteiger charge is -2.19. The van der Waals surface area contributed by atoms with Crippen molar-refractivity contribution in [1.82, 2.24) is 9.55 Å². The van der Waals surface area contributed by atoms with Crippen LogP contribution in [0.25, 0.3) is 11.0 Å². The van der Waals surface area contributed by atoms with Crippen LogP contribution in [0, 0.1) is 0 Å². The summed E-state index contributed by atoms with van der Waals surface area (Å²) in [5.74, 6) is 3.18. The summed E-state index contributed by atoms with van der Waals surface area (Å²) in [6, 6.07) is 30.4. The van der Waals surface area contributed by atoms with Gasteiger partial charge in [0.1, 0.15) is 23.9 Å². The molecule has 202 valence electrons. The number of thioether (sulfide) groups is 1. The highest BCUT2D eigenvalue weighted by Crippen LogP contribution is 2.44. The minimum absolute atomic E-state index is 0.0118. The second-order valence-corrected chi connectivity index (χ2v) is 10.9. The first-order chi connectivity index (χ1) is 19.6. The Morgan fingerprint density at radius 3 is 2.60 bits per heavy atom. The quantitative estimate of drug-likeness (QED) is 0.197. The van der Waals surface area contributed by atoms with Gasteiger partial charge in [-0.15, -0.1) is 11.8 Å². The van der Waals surface area contributed by atoms with Gasteiger partial charge < -0.3 is 18.8 Å². The maximum atomic E-state index is 12.4. The van der Waals surface area contributed by atoms with Crippen molar-refractivity contribution < 1.29 is 19.0 Å². The van der Waals surface area contributed by atoms with Crippen LogP contribution in [0.15, 0.2) is 91.0 Å². The summed E-state index contributed by atoms with van der Waals surface area (Å²) in [4.78, 5) is 17.4. The van der Waals surface area contributed by atoms with E-state index in [1.54, 1.807) is 13.2 Å². The van der Waals surface area contributed by atoms with Gasteiger partial charge in [-0.1, -0.05) is 48.5 Å². The van der Waals surface area contributed by atoms with Gasteiger partial charge >= 0.3 is 5.97 Å². The maximum Gasteiger partial charge on any atom is 0.337 e. The highest BCUT2D eigenvalue weighted by atomic mass is 32.2. The number of para-hydroxylation sites is 2. The zero-order chi connectivity index (χ0) is 27.5. The first-order valence-electron chi connectivity index (χ1n) is 13.3.